The Morgan fingerprint density at radius 2 is 1.93 bits per heavy atom. The molecule has 0 amide bonds. The van der Waals surface area contributed by atoms with Crippen molar-refractivity contribution in [1.82, 2.24) is 0 Å². The van der Waals surface area contributed by atoms with Gasteiger partial charge in [-0.25, -0.2) is 4.39 Å². The van der Waals surface area contributed by atoms with Gasteiger partial charge in [-0.1, -0.05) is 39.8 Å². The van der Waals surface area contributed by atoms with Gasteiger partial charge in [0.2, 0.25) is 0 Å². The van der Waals surface area contributed by atoms with Gasteiger partial charge < -0.3 is 0 Å². The minimum atomic E-state index is -0.132. The van der Waals surface area contributed by atoms with Crippen molar-refractivity contribution in [3.63, 3.8) is 0 Å². The van der Waals surface area contributed by atoms with E-state index in [9.17, 15) is 4.39 Å². The molecule has 1 rings (SSSR count). The fraction of sp³-hybridized carbons (Fsp3) is 0.571. The molecule has 84 valence electrons. The van der Waals surface area contributed by atoms with Gasteiger partial charge in [0.15, 0.2) is 0 Å². The summed E-state index contributed by atoms with van der Waals surface area (Å²) < 4.78 is 13.0. The monoisotopic (exact) mass is 208 g/mol. The zero-order chi connectivity index (χ0) is 11.5. The Morgan fingerprint density at radius 3 is 2.47 bits per heavy atom. The van der Waals surface area contributed by atoms with Crippen LogP contribution in [0.25, 0.3) is 0 Å². The molecule has 0 aliphatic heterocycles. The maximum Gasteiger partial charge on any atom is 0.123 e. The van der Waals surface area contributed by atoms with Crippen molar-refractivity contribution in [2.45, 2.75) is 40.5 Å². The first-order valence-corrected chi connectivity index (χ1v) is 5.63. The van der Waals surface area contributed by atoms with Gasteiger partial charge in [-0.3, -0.25) is 0 Å². The number of hydrogen-bond acceptors (Lipinski definition) is 0. The van der Waals surface area contributed by atoms with Crippen LogP contribution in [-0.4, -0.2) is 0 Å². The van der Waals surface area contributed by atoms with Gasteiger partial charge in [0.25, 0.3) is 0 Å². The molecule has 0 radical (unpaired) electrons. The summed E-state index contributed by atoms with van der Waals surface area (Å²) in [5, 5.41) is 0. The zero-order valence-electron chi connectivity index (χ0n) is 10.2. The molecular weight excluding hydrogens is 187 g/mol. The highest BCUT2D eigenvalue weighted by Gasteiger charge is 2.19. The van der Waals surface area contributed by atoms with Crippen molar-refractivity contribution >= 4 is 0 Å². The van der Waals surface area contributed by atoms with E-state index in [0.717, 1.165) is 12.0 Å². The van der Waals surface area contributed by atoms with Gasteiger partial charge >= 0.3 is 0 Å². The Labute approximate surface area is 92.5 Å². The summed E-state index contributed by atoms with van der Waals surface area (Å²) in [6.45, 7) is 8.95. The molecule has 0 spiro atoms. The maximum absolute atomic E-state index is 13.0. The Kier molecular flexibility index (Phi) is 3.90. The molecule has 1 heteroatoms. The van der Waals surface area contributed by atoms with Crippen LogP contribution in [0, 0.1) is 17.2 Å². The van der Waals surface area contributed by atoms with E-state index < -0.39 is 0 Å². The summed E-state index contributed by atoms with van der Waals surface area (Å²) >= 11 is 0. The lowest BCUT2D eigenvalue weighted by atomic mass is 9.79. The molecule has 1 aromatic carbocycles. The number of hydrogen-bond donors (Lipinski definition) is 0. The van der Waals surface area contributed by atoms with E-state index in [4.69, 9.17) is 0 Å². The Morgan fingerprint density at radius 1 is 1.27 bits per heavy atom. The van der Waals surface area contributed by atoms with Crippen molar-refractivity contribution in [1.29, 1.82) is 0 Å². The summed E-state index contributed by atoms with van der Waals surface area (Å²) in [5.41, 5.74) is 1.35. The second-order valence-corrected chi connectivity index (χ2v) is 5.57. The molecule has 0 unspecified atom stereocenters. The van der Waals surface area contributed by atoms with Crippen LogP contribution in [0.4, 0.5) is 4.39 Å². The third kappa shape index (κ3) is 4.46. The summed E-state index contributed by atoms with van der Waals surface area (Å²) in [7, 11) is 0. The van der Waals surface area contributed by atoms with Crippen LogP contribution in [0.15, 0.2) is 24.3 Å². The van der Waals surface area contributed by atoms with Crippen LogP contribution in [0.5, 0.6) is 0 Å². The highest BCUT2D eigenvalue weighted by molar-refractivity contribution is 5.17. The quantitative estimate of drug-likeness (QED) is 0.686. The zero-order valence-corrected chi connectivity index (χ0v) is 10.2. The lowest BCUT2D eigenvalue weighted by Gasteiger charge is -2.26. The lowest BCUT2D eigenvalue weighted by molar-refractivity contribution is 0.285. The molecule has 0 saturated carbocycles. The second-order valence-electron chi connectivity index (χ2n) is 5.57. The van der Waals surface area contributed by atoms with Gasteiger partial charge in [-0.2, -0.15) is 0 Å². The second kappa shape index (κ2) is 4.78. The highest BCUT2D eigenvalue weighted by Crippen LogP contribution is 2.29. The first kappa shape index (κ1) is 12.2. The molecule has 0 N–H and O–H groups in total. The Balaban J connectivity index is 2.68. The topological polar surface area (TPSA) is 0 Å². The smallest absolute Gasteiger partial charge is 0.123 e. The van der Waals surface area contributed by atoms with Crippen molar-refractivity contribution in [2.75, 3.05) is 0 Å². The van der Waals surface area contributed by atoms with Gasteiger partial charge in [-0.15, -0.1) is 0 Å². The van der Waals surface area contributed by atoms with E-state index in [1.54, 1.807) is 12.1 Å². The summed E-state index contributed by atoms with van der Waals surface area (Å²) in [6, 6.07) is 6.93. The van der Waals surface area contributed by atoms with Gasteiger partial charge in [0.05, 0.1) is 0 Å². The largest absolute Gasteiger partial charge is 0.207 e. The van der Waals surface area contributed by atoms with Gasteiger partial charge in [0, 0.05) is 0 Å². The van der Waals surface area contributed by atoms with Crippen molar-refractivity contribution in [3.05, 3.63) is 35.6 Å². The fourth-order valence-electron chi connectivity index (χ4n) is 2.38. The van der Waals surface area contributed by atoms with E-state index in [-0.39, 0.29) is 11.2 Å². The van der Waals surface area contributed by atoms with Crippen LogP contribution in [-0.2, 0) is 6.42 Å². The van der Waals surface area contributed by atoms with Gasteiger partial charge in [-0.05, 0) is 41.9 Å². The van der Waals surface area contributed by atoms with Crippen LogP contribution in [0.1, 0.15) is 39.7 Å². The number of benzene rings is 1. The summed E-state index contributed by atoms with van der Waals surface area (Å²) in [5.74, 6) is 0.557. The molecule has 0 atom stereocenters. The minimum absolute atomic E-state index is 0.132. The minimum Gasteiger partial charge on any atom is -0.207 e. The average Bonchev–Trinajstić information content (AvgIpc) is 1.99. The molecular formula is C14H21F. The van der Waals surface area contributed by atoms with Crippen molar-refractivity contribution in [2.24, 2.45) is 11.3 Å². The predicted octanol–water partition coefficient (Wildman–Crippen LogP) is 4.44. The summed E-state index contributed by atoms with van der Waals surface area (Å²) in [4.78, 5) is 0. The lowest BCUT2D eigenvalue weighted by Crippen LogP contribution is -2.17. The average molecular weight is 208 g/mol. The van der Waals surface area contributed by atoms with Gasteiger partial charge in [0.1, 0.15) is 5.82 Å². The Bertz CT molecular complexity index is 313. The third-order valence-electron chi connectivity index (χ3n) is 2.53. The molecule has 0 heterocycles. The molecule has 15 heavy (non-hydrogen) atoms. The molecule has 0 bridgehead atoms. The summed E-state index contributed by atoms with van der Waals surface area (Å²) in [6.07, 6.45) is 2.12. The van der Waals surface area contributed by atoms with Crippen LogP contribution < -0.4 is 0 Å². The Hall–Kier alpha value is -0.850. The number of halogens is 1. The molecule has 0 aliphatic carbocycles. The molecule has 0 aromatic heterocycles. The standard InChI is InChI=1S/C14H21F/c1-11(2)9-14(3,4)10-12-6-5-7-13(15)8-12/h5-8,11H,9-10H2,1-4H3. The highest BCUT2D eigenvalue weighted by atomic mass is 19.1. The van der Waals surface area contributed by atoms with E-state index in [1.165, 1.54) is 12.5 Å². The first-order chi connectivity index (χ1) is 6.89. The van der Waals surface area contributed by atoms with E-state index in [2.05, 4.69) is 27.7 Å². The molecule has 0 aliphatic rings. The number of rotatable bonds is 4. The normalized spacial score (nSPS) is 12.1. The first-order valence-electron chi connectivity index (χ1n) is 5.63. The van der Waals surface area contributed by atoms with Crippen molar-refractivity contribution in [3.8, 4) is 0 Å². The van der Waals surface area contributed by atoms with Crippen LogP contribution in [0.3, 0.4) is 0 Å². The van der Waals surface area contributed by atoms with Crippen molar-refractivity contribution < 1.29 is 4.39 Å². The molecule has 0 fully saturated rings. The van der Waals surface area contributed by atoms with E-state index >= 15 is 0 Å². The molecule has 0 nitrogen and oxygen atoms in total. The van der Waals surface area contributed by atoms with Crippen LogP contribution >= 0.6 is 0 Å². The van der Waals surface area contributed by atoms with E-state index in [0.29, 0.717) is 5.92 Å². The predicted molar refractivity (Wildman–Crippen MR) is 63.3 cm³/mol. The van der Waals surface area contributed by atoms with Crippen LogP contribution in [0.2, 0.25) is 0 Å². The van der Waals surface area contributed by atoms with E-state index in [1.807, 2.05) is 6.07 Å². The SMILES string of the molecule is CC(C)CC(C)(C)Cc1cccc(F)c1. The maximum atomic E-state index is 13.0. The fourth-order valence-corrected chi connectivity index (χ4v) is 2.38. The molecule has 1 aromatic rings. The third-order valence-corrected chi connectivity index (χ3v) is 2.53. The molecule has 0 saturated heterocycles.